The third-order valence-corrected chi connectivity index (χ3v) is 3.13. The first-order chi connectivity index (χ1) is 9.08. The van der Waals surface area contributed by atoms with Crippen LogP contribution in [0.4, 0.5) is 0 Å². The largest absolute Gasteiger partial charge is 0.373 e. The molecule has 0 saturated carbocycles. The number of hydrogen-bond acceptors (Lipinski definition) is 5. The molecule has 0 bridgehead atoms. The Balaban J connectivity index is 2.46. The van der Waals surface area contributed by atoms with E-state index >= 15 is 0 Å². The maximum absolute atomic E-state index is 5.39. The highest BCUT2D eigenvalue weighted by molar-refractivity contribution is 4.93. The summed E-state index contributed by atoms with van der Waals surface area (Å²) in [6, 6.07) is 0.471. The summed E-state index contributed by atoms with van der Waals surface area (Å²) in [4.78, 5) is 4.42. The fourth-order valence-electron chi connectivity index (χ4n) is 1.99. The predicted molar refractivity (Wildman–Crippen MR) is 75.0 cm³/mol. The minimum absolute atomic E-state index is 0.0897. The van der Waals surface area contributed by atoms with Crippen molar-refractivity contribution < 1.29 is 9.26 Å². The second-order valence-electron chi connectivity index (χ2n) is 5.34. The van der Waals surface area contributed by atoms with Gasteiger partial charge in [0.2, 0.25) is 11.7 Å². The van der Waals surface area contributed by atoms with E-state index in [-0.39, 0.29) is 6.10 Å². The van der Waals surface area contributed by atoms with Gasteiger partial charge in [-0.2, -0.15) is 4.98 Å². The van der Waals surface area contributed by atoms with Crippen LogP contribution in [-0.2, 0) is 11.2 Å². The van der Waals surface area contributed by atoms with Crippen molar-refractivity contribution >= 4 is 0 Å². The molecule has 0 aliphatic heterocycles. The Kier molecular flexibility index (Phi) is 7.02. The molecule has 2 unspecified atom stereocenters. The van der Waals surface area contributed by atoms with E-state index in [1.165, 1.54) is 0 Å². The van der Waals surface area contributed by atoms with Gasteiger partial charge in [0, 0.05) is 19.6 Å². The second-order valence-corrected chi connectivity index (χ2v) is 5.34. The van der Waals surface area contributed by atoms with Gasteiger partial charge in [0.25, 0.3) is 0 Å². The molecular weight excluding hydrogens is 242 g/mol. The SMILES string of the molecule is CCCNC(C)CCc1nc(C(OC)C(C)C)no1. The van der Waals surface area contributed by atoms with Crippen molar-refractivity contribution in [3.63, 3.8) is 0 Å². The molecule has 2 atom stereocenters. The monoisotopic (exact) mass is 269 g/mol. The third kappa shape index (κ3) is 5.28. The second kappa shape index (κ2) is 8.27. The summed E-state index contributed by atoms with van der Waals surface area (Å²) in [6.45, 7) is 9.57. The highest BCUT2D eigenvalue weighted by Gasteiger charge is 2.21. The highest BCUT2D eigenvalue weighted by Crippen LogP contribution is 2.22. The average molecular weight is 269 g/mol. The van der Waals surface area contributed by atoms with Gasteiger partial charge in [-0.15, -0.1) is 0 Å². The summed E-state index contributed by atoms with van der Waals surface area (Å²) < 4.78 is 10.7. The van der Waals surface area contributed by atoms with E-state index < -0.39 is 0 Å². The summed E-state index contributed by atoms with van der Waals surface area (Å²) in [6.07, 6.45) is 2.87. The lowest BCUT2D eigenvalue weighted by Gasteiger charge is -2.14. The van der Waals surface area contributed by atoms with Gasteiger partial charge in [-0.3, -0.25) is 0 Å². The molecule has 0 aromatic carbocycles. The van der Waals surface area contributed by atoms with E-state index in [0.29, 0.717) is 23.7 Å². The van der Waals surface area contributed by atoms with Crippen LogP contribution in [0.1, 0.15) is 58.4 Å². The van der Waals surface area contributed by atoms with Crippen LogP contribution in [-0.4, -0.2) is 29.8 Å². The van der Waals surface area contributed by atoms with Gasteiger partial charge >= 0.3 is 0 Å². The highest BCUT2D eigenvalue weighted by atomic mass is 16.5. The first kappa shape index (κ1) is 16.1. The van der Waals surface area contributed by atoms with Gasteiger partial charge in [0.05, 0.1) is 0 Å². The maximum atomic E-state index is 5.39. The molecule has 1 aromatic rings. The van der Waals surface area contributed by atoms with Gasteiger partial charge in [0.1, 0.15) is 6.10 Å². The average Bonchev–Trinajstić information content (AvgIpc) is 2.83. The van der Waals surface area contributed by atoms with Gasteiger partial charge in [-0.1, -0.05) is 25.9 Å². The van der Waals surface area contributed by atoms with Crippen LogP contribution in [0.2, 0.25) is 0 Å². The number of rotatable bonds is 9. The topological polar surface area (TPSA) is 60.2 Å². The minimum Gasteiger partial charge on any atom is -0.373 e. The molecule has 1 heterocycles. The zero-order valence-corrected chi connectivity index (χ0v) is 12.8. The number of nitrogens with zero attached hydrogens (tertiary/aromatic N) is 2. The number of methoxy groups -OCH3 is 1. The van der Waals surface area contributed by atoms with Crippen LogP contribution in [0, 0.1) is 5.92 Å². The van der Waals surface area contributed by atoms with E-state index in [1.54, 1.807) is 7.11 Å². The van der Waals surface area contributed by atoms with Crippen molar-refractivity contribution in [2.45, 2.75) is 59.1 Å². The molecule has 0 saturated heterocycles. The van der Waals surface area contributed by atoms with Crippen molar-refractivity contribution in [3.05, 3.63) is 11.7 Å². The molecule has 0 spiro atoms. The van der Waals surface area contributed by atoms with Crippen LogP contribution >= 0.6 is 0 Å². The lowest BCUT2D eigenvalue weighted by atomic mass is 10.1. The van der Waals surface area contributed by atoms with Gasteiger partial charge in [0.15, 0.2) is 0 Å². The number of hydrogen-bond donors (Lipinski definition) is 1. The molecule has 1 aromatic heterocycles. The summed E-state index contributed by atoms with van der Waals surface area (Å²) in [5, 5.41) is 7.46. The molecule has 110 valence electrons. The predicted octanol–water partition coefficient (Wildman–Crippen LogP) is 2.73. The molecule has 0 amide bonds. The van der Waals surface area contributed by atoms with Crippen LogP contribution in [0.25, 0.3) is 0 Å². The molecule has 1 rings (SSSR count). The van der Waals surface area contributed by atoms with Crippen molar-refractivity contribution in [2.75, 3.05) is 13.7 Å². The van der Waals surface area contributed by atoms with Crippen molar-refractivity contribution in [2.24, 2.45) is 5.92 Å². The van der Waals surface area contributed by atoms with E-state index in [1.807, 2.05) is 0 Å². The van der Waals surface area contributed by atoms with Crippen LogP contribution in [0.15, 0.2) is 4.52 Å². The third-order valence-electron chi connectivity index (χ3n) is 3.13. The molecule has 1 N–H and O–H groups in total. The number of aromatic nitrogens is 2. The Morgan fingerprint density at radius 1 is 1.32 bits per heavy atom. The molecule has 5 nitrogen and oxygen atoms in total. The molecule has 0 radical (unpaired) electrons. The van der Waals surface area contributed by atoms with E-state index in [0.717, 1.165) is 25.8 Å². The summed E-state index contributed by atoms with van der Waals surface area (Å²) in [5.74, 6) is 1.69. The van der Waals surface area contributed by atoms with E-state index in [4.69, 9.17) is 9.26 Å². The molecule has 19 heavy (non-hydrogen) atoms. The van der Waals surface area contributed by atoms with Crippen molar-refractivity contribution in [3.8, 4) is 0 Å². The van der Waals surface area contributed by atoms with E-state index in [9.17, 15) is 0 Å². The number of ether oxygens (including phenoxy) is 1. The quantitative estimate of drug-likeness (QED) is 0.747. The van der Waals surface area contributed by atoms with Gasteiger partial charge in [-0.25, -0.2) is 0 Å². The fraction of sp³-hybridized carbons (Fsp3) is 0.857. The minimum atomic E-state index is -0.0897. The lowest BCUT2D eigenvalue weighted by Crippen LogP contribution is -2.27. The lowest BCUT2D eigenvalue weighted by molar-refractivity contribution is 0.0555. The Bertz CT molecular complexity index is 352. The Labute approximate surface area is 116 Å². The van der Waals surface area contributed by atoms with Gasteiger partial charge in [-0.05, 0) is 32.2 Å². The van der Waals surface area contributed by atoms with E-state index in [2.05, 4.69) is 43.2 Å². The summed E-state index contributed by atoms with van der Waals surface area (Å²) >= 11 is 0. The molecule has 0 fully saturated rings. The first-order valence-electron chi connectivity index (χ1n) is 7.17. The molecule has 0 aliphatic carbocycles. The number of nitrogens with one attached hydrogen (secondary N) is 1. The summed E-state index contributed by atoms with van der Waals surface area (Å²) in [7, 11) is 1.68. The Morgan fingerprint density at radius 2 is 2.05 bits per heavy atom. The molecular formula is C14H27N3O2. The van der Waals surface area contributed by atoms with Crippen LogP contribution in [0.3, 0.4) is 0 Å². The Hall–Kier alpha value is -0.940. The summed E-state index contributed by atoms with van der Waals surface area (Å²) in [5.41, 5.74) is 0. The smallest absolute Gasteiger partial charge is 0.226 e. The zero-order valence-electron chi connectivity index (χ0n) is 12.8. The van der Waals surface area contributed by atoms with Crippen LogP contribution < -0.4 is 5.32 Å². The van der Waals surface area contributed by atoms with Gasteiger partial charge < -0.3 is 14.6 Å². The molecule has 0 aliphatic rings. The zero-order chi connectivity index (χ0) is 14.3. The standard InChI is InChI=1S/C14H27N3O2/c1-6-9-15-11(4)7-8-12-16-14(17-19-12)13(18-5)10(2)3/h10-11,13,15H,6-9H2,1-5H3. The van der Waals surface area contributed by atoms with Crippen LogP contribution in [0.5, 0.6) is 0 Å². The Morgan fingerprint density at radius 3 is 2.63 bits per heavy atom. The normalized spacial score (nSPS) is 14.8. The fourth-order valence-corrected chi connectivity index (χ4v) is 1.99. The maximum Gasteiger partial charge on any atom is 0.226 e. The molecule has 5 heteroatoms. The number of aryl methyl sites for hydroxylation is 1. The first-order valence-corrected chi connectivity index (χ1v) is 7.17. The van der Waals surface area contributed by atoms with Crippen molar-refractivity contribution in [1.29, 1.82) is 0 Å². The van der Waals surface area contributed by atoms with Crippen molar-refractivity contribution in [1.82, 2.24) is 15.5 Å².